The summed E-state index contributed by atoms with van der Waals surface area (Å²) in [6, 6.07) is 0. The van der Waals surface area contributed by atoms with Gasteiger partial charge in [0, 0.05) is 0 Å². The van der Waals surface area contributed by atoms with Crippen LogP contribution in [0.3, 0.4) is 0 Å². The zero-order chi connectivity index (χ0) is 17.7. The minimum absolute atomic E-state index is 0.104. The molecule has 128 valence electrons. The normalized spacial score (nSPS) is 9.82. The summed E-state index contributed by atoms with van der Waals surface area (Å²) in [6.07, 6.45) is -0.209. The Labute approximate surface area is 132 Å². The van der Waals surface area contributed by atoms with Gasteiger partial charge in [0.2, 0.25) is 0 Å². The van der Waals surface area contributed by atoms with Crippen LogP contribution in [0.1, 0.15) is 54.4 Å². The van der Waals surface area contributed by atoms with Gasteiger partial charge >= 0.3 is 11.9 Å². The Kier molecular flexibility index (Phi) is 13.3. The van der Waals surface area contributed by atoms with Crippen molar-refractivity contribution < 1.29 is 28.7 Å². The van der Waals surface area contributed by atoms with Gasteiger partial charge in [0.1, 0.15) is 24.4 Å². The number of carbonyl (C=O) groups is 4. The lowest BCUT2D eigenvalue weighted by molar-refractivity contribution is -0.148. The van der Waals surface area contributed by atoms with Crippen molar-refractivity contribution in [1.29, 1.82) is 0 Å². The van der Waals surface area contributed by atoms with Gasteiger partial charge in [0.15, 0.2) is 0 Å². The van der Waals surface area contributed by atoms with Gasteiger partial charge in [-0.15, -0.1) is 0 Å². The van der Waals surface area contributed by atoms with Crippen molar-refractivity contribution in [2.45, 2.75) is 54.4 Å². The van der Waals surface area contributed by atoms with Crippen molar-refractivity contribution in [3.05, 3.63) is 0 Å². The number of carbonyl (C=O) groups excluding carboxylic acids is 4. The molecule has 6 heteroatoms. The van der Waals surface area contributed by atoms with Crippen LogP contribution >= 0.6 is 0 Å². The lowest BCUT2D eigenvalue weighted by atomic mass is 10.2. The molecule has 0 rings (SSSR count). The third-order valence-electron chi connectivity index (χ3n) is 1.94. The molecular weight excluding hydrogens is 288 g/mol. The van der Waals surface area contributed by atoms with Crippen LogP contribution in [-0.2, 0) is 28.7 Å². The van der Waals surface area contributed by atoms with Crippen LogP contribution in [0.2, 0.25) is 0 Å². The summed E-state index contributed by atoms with van der Waals surface area (Å²) in [7, 11) is 0. The van der Waals surface area contributed by atoms with Crippen LogP contribution < -0.4 is 0 Å². The first-order chi connectivity index (χ1) is 10.0. The van der Waals surface area contributed by atoms with Gasteiger partial charge in [0.05, 0.1) is 13.2 Å². The quantitative estimate of drug-likeness (QED) is 0.504. The van der Waals surface area contributed by atoms with Crippen molar-refractivity contribution >= 4 is 23.5 Å². The number of hydrogen-bond acceptors (Lipinski definition) is 6. The van der Waals surface area contributed by atoms with Gasteiger partial charge in [0.25, 0.3) is 0 Å². The molecule has 0 saturated heterocycles. The van der Waals surface area contributed by atoms with E-state index < -0.39 is 11.9 Å². The Hall–Kier alpha value is -1.72. The summed E-state index contributed by atoms with van der Waals surface area (Å²) in [5.41, 5.74) is 0. The van der Waals surface area contributed by atoms with Crippen molar-refractivity contribution in [3.8, 4) is 0 Å². The van der Waals surface area contributed by atoms with E-state index in [-0.39, 0.29) is 24.4 Å². The zero-order valence-corrected chi connectivity index (χ0v) is 14.4. The van der Waals surface area contributed by atoms with Crippen LogP contribution in [0.15, 0.2) is 0 Å². The molecule has 0 atom stereocenters. The summed E-state index contributed by atoms with van der Waals surface area (Å²) in [5, 5.41) is 0. The number of ether oxygens (including phenoxy) is 2. The van der Waals surface area contributed by atoms with Gasteiger partial charge in [-0.2, -0.15) is 0 Å². The maximum atomic E-state index is 10.7. The van der Waals surface area contributed by atoms with E-state index in [2.05, 4.69) is 0 Å². The molecular formula is C16H28O6. The molecule has 0 aliphatic heterocycles. The van der Waals surface area contributed by atoms with Crippen LogP contribution in [0.25, 0.3) is 0 Å². The number of hydrogen-bond donors (Lipinski definition) is 0. The first-order valence-corrected chi connectivity index (χ1v) is 7.34. The number of Topliss-reactive ketones (excluding diaryl/α,β-unsaturated/α-hetero) is 2. The third kappa shape index (κ3) is 20.6. The standard InChI is InChI=1S/2C8H14O3/c2*1-6(2)5-11-8(10)4-7(3)9/h2*6H,4-5H2,1-3H3. The maximum absolute atomic E-state index is 10.7. The highest BCUT2D eigenvalue weighted by Crippen LogP contribution is 1.96. The molecule has 0 saturated carbocycles. The van der Waals surface area contributed by atoms with Gasteiger partial charge in [-0.1, -0.05) is 27.7 Å². The Morgan fingerprint density at radius 3 is 1.14 bits per heavy atom. The van der Waals surface area contributed by atoms with E-state index in [1.807, 2.05) is 27.7 Å². The molecule has 0 aromatic carbocycles. The molecule has 0 spiro atoms. The first-order valence-electron chi connectivity index (χ1n) is 7.34. The lowest BCUT2D eigenvalue weighted by Crippen LogP contribution is -2.12. The second-order valence-corrected chi connectivity index (χ2v) is 5.91. The molecule has 0 N–H and O–H groups in total. The van der Waals surface area contributed by atoms with Crippen molar-refractivity contribution in [3.63, 3.8) is 0 Å². The highest BCUT2D eigenvalue weighted by Gasteiger charge is 2.07. The monoisotopic (exact) mass is 316 g/mol. The van der Waals surface area contributed by atoms with Gasteiger partial charge < -0.3 is 9.47 Å². The predicted molar refractivity (Wildman–Crippen MR) is 82.2 cm³/mol. The highest BCUT2D eigenvalue weighted by molar-refractivity contribution is 5.94. The SMILES string of the molecule is CC(=O)CC(=O)OCC(C)C.CC(=O)CC(=O)OCC(C)C. The fourth-order valence-electron chi connectivity index (χ4n) is 1.03. The minimum atomic E-state index is -0.425. The van der Waals surface area contributed by atoms with Crippen LogP contribution in [0, 0.1) is 11.8 Å². The Morgan fingerprint density at radius 2 is 0.955 bits per heavy atom. The van der Waals surface area contributed by atoms with Gasteiger partial charge in [-0.25, -0.2) is 0 Å². The molecule has 0 fully saturated rings. The van der Waals surface area contributed by atoms with E-state index >= 15 is 0 Å². The van der Waals surface area contributed by atoms with E-state index in [4.69, 9.17) is 9.47 Å². The molecule has 0 aromatic rings. The van der Waals surface area contributed by atoms with Gasteiger partial charge in [-0.05, 0) is 25.7 Å². The van der Waals surface area contributed by atoms with E-state index in [1.165, 1.54) is 13.8 Å². The fourth-order valence-corrected chi connectivity index (χ4v) is 1.03. The van der Waals surface area contributed by atoms with Crippen molar-refractivity contribution in [2.75, 3.05) is 13.2 Å². The van der Waals surface area contributed by atoms with E-state index in [1.54, 1.807) is 0 Å². The topological polar surface area (TPSA) is 86.7 Å². The van der Waals surface area contributed by atoms with E-state index in [0.29, 0.717) is 25.0 Å². The van der Waals surface area contributed by atoms with Crippen LogP contribution in [0.5, 0.6) is 0 Å². The molecule has 0 radical (unpaired) electrons. The average Bonchev–Trinajstić information content (AvgIpc) is 2.33. The smallest absolute Gasteiger partial charge is 0.313 e. The van der Waals surface area contributed by atoms with E-state index in [0.717, 1.165) is 0 Å². The largest absolute Gasteiger partial charge is 0.465 e. The summed E-state index contributed by atoms with van der Waals surface area (Å²) in [4.78, 5) is 42.2. The molecule has 22 heavy (non-hydrogen) atoms. The Balaban J connectivity index is 0. The predicted octanol–water partition coefficient (Wildman–Crippen LogP) is 2.33. The molecule has 0 aromatic heterocycles. The van der Waals surface area contributed by atoms with Crippen molar-refractivity contribution in [1.82, 2.24) is 0 Å². The highest BCUT2D eigenvalue weighted by atomic mass is 16.5. The molecule has 0 unspecified atom stereocenters. The molecule has 0 aliphatic carbocycles. The zero-order valence-electron chi connectivity index (χ0n) is 14.4. The van der Waals surface area contributed by atoms with E-state index in [9.17, 15) is 19.2 Å². The molecule has 6 nitrogen and oxygen atoms in total. The first kappa shape index (κ1) is 22.6. The van der Waals surface area contributed by atoms with Crippen LogP contribution in [0.4, 0.5) is 0 Å². The fraction of sp³-hybridized carbons (Fsp3) is 0.750. The second-order valence-electron chi connectivity index (χ2n) is 5.91. The summed E-state index contributed by atoms with van der Waals surface area (Å²) in [5.74, 6) is -0.508. The Bertz CT molecular complexity index is 335. The third-order valence-corrected chi connectivity index (χ3v) is 1.94. The molecule has 0 heterocycles. The van der Waals surface area contributed by atoms with Crippen molar-refractivity contribution in [2.24, 2.45) is 11.8 Å². The second kappa shape index (κ2) is 13.0. The maximum Gasteiger partial charge on any atom is 0.313 e. The average molecular weight is 316 g/mol. The summed E-state index contributed by atoms with van der Waals surface area (Å²) < 4.78 is 9.51. The van der Waals surface area contributed by atoms with Gasteiger partial charge in [-0.3, -0.25) is 19.2 Å². The lowest BCUT2D eigenvalue weighted by Gasteiger charge is -2.04. The summed E-state index contributed by atoms with van der Waals surface area (Å²) >= 11 is 0. The molecule has 0 amide bonds. The summed E-state index contributed by atoms with van der Waals surface area (Å²) in [6.45, 7) is 11.3. The Morgan fingerprint density at radius 1 is 0.682 bits per heavy atom. The molecule has 0 bridgehead atoms. The molecule has 0 aliphatic rings. The number of rotatable bonds is 8. The number of esters is 2. The number of ketones is 2. The minimum Gasteiger partial charge on any atom is -0.465 e. The van der Waals surface area contributed by atoms with Crippen LogP contribution in [-0.4, -0.2) is 36.7 Å².